The number of piperidine rings is 1. The van der Waals surface area contributed by atoms with E-state index in [-0.39, 0.29) is 24.9 Å². The average Bonchev–Trinajstić information content (AvgIpc) is 3.32. The number of amidine groups is 1. The summed E-state index contributed by atoms with van der Waals surface area (Å²) in [6.45, 7) is 12.1. The van der Waals surface area contributed by atoms with Gasteiger partial charge in [-0.15, -0.1) is 0 Å². The predicted octanol–water partition coefficient (Wildman–Crippen LogP) is 3.30. The number of hydrogen-bond acceptors (Lipinski definition) is 8. The van der Waals surface area contributed by atoms with Crippen molar-refractivity contribution in [3.63, 3.8) is 0 Å². The fraction of sp³-hybridized carbons (Fsp3) is 0.548. The van der Waals surface area contributed by atoms with E-state index in [4.69, 9.17) is 9.26 Å². The molecule has 1 saturated carbocycles. The Bertz CT molecular complexity index is 1350. The number of ether oxygens (including phenoxy) is 1. The van der Waals surface area contributed by atoms with Crippen LogP contribution in [0.5, 0.6) is 0 Å². The molecule has 10 heteroatoms. The lowest BCUT2D eigenvalue weighted by Gasteiger charge is -2.25. The van der Waals surface area contributed by atoms with Gasteiger partial charge in [0.05, 0.1) is 13.1 Å². The van der Waals surface area contributed by atoms with Crippen molar-refractivity contribution in [2.75, 3.05) is 26.2 Å². The number of aliphatic hydroxyl groups excluding tert-OH is 1. The number of aliphatic hydroxyl groups is 1. The molecule has 1 aromatic heterocycles. The van der Waals surface area contributed by atoms with Gasteiger partial charge >= 0.3 is 6.09 Å². The second-order valence-corrected chi connectivity index (χ2v) is 12.2. The number of aliphatic imine (C=N–C) groups is 1. The smallest absolute Gasteiger partial charge is 0.407 e. The highest BCUT2D eigenvalue weighted by atomic mass is 16.6. The van der Waals surface area contributed by atoms with Gasteiger partial charge in [0.15, 0.2) is 5.76 Å². The van der Waals surface area contributed by atoms with Gasteiger partial charge in [-0.3, -0.25) is 9.79 Å². The Morgan fingerprint density at radius 2 is 1.93 bits per heavy atom. The number of nitrogens with zero attached hydrogens (tertiary/aromatic N) is 4. The molecule has 10 nitrogen and oxygen atoms in total. The summed E-state index contributed by atoms with van der Waals surface area (Å²) in [6, 6.07) is 10.1. The lowest BCUT2D eigenvalue weighted by molar-refractivity contribution is -0.130. The van der Waals surface area contributed by atoms with Crippen LogP contribution in [-0.2, 0) is 16.1 Å². The summed E-state index contributed by atoms with van der Waals surface area (Å²) < 4.78 is 10.8. The van der Waals surface area contributed by atoms with E-state index in [1.165, 1.54) is 0 Å². The Morgan fingerprint density at radius 3 is 2.59 bits per heavy atom. The number of carbonyl (C=O) groups excluding carboxylic acids is 2. The number of benzene rings is 1. The van der Waals surface area contributed by atoms with Crippen molar-refractivity contribution in [1.82, 2.24) is 20.3 Å². The molecule has 41 heavy (non-hydrogen) atoms. The summed E-state index contributed by atoms with van der Waals surface area (Å²) in [5, 5.41) is 16.9. The van der Waals surface area contributed by atoms with E-state index < -0.39 is 17.8 Å². The Balaban J connectivity index is 1.07. The van der Waals surface area contributed by atoms with Gasteiger partial charge in [-0.05, 0) is 70.7 Å². The molecule has 2 unspecified atom stereocenters. The molecule has 2 fully saturated rings. The molecule has 0 bridgehead atoms. The summed E-state index contributed by atoms with van der Waals surface area (Å²) in [6.07, 6.45) is -0.850. The zero-order chi connectivity index (χ0) is 29.3. The van der Waals surface area contributed by atoms with E-state index in [0.29, 0.717) is 42.4 Å². The lowest BCUT2D eigenvalue weighted by atomic mass is 10.1. The van der Waals surface area contributed by atoms with Crippen LogP contribution in [0.15, 0.2) is 39.8 Å². The van der Waals surface area contributed by atoms with E-state index in [1.807, 2.05) is 35.2 Å². The molecule has 0 spiro atoms. The molecule has 5 atom stereocenters. The highest BCUT2D eigenvalue weighted by Crippen LogP contribution is 2.51. The number of aromatic nitrogens is 1. The third kappa shape index (κ3) is 6.91. The molecule has 2 N–H and O–H groups in total. The van der Waals surface area contributed by atoms with Gasteiger partial charge in [-0.25, -0.2) is 4.79 Å². The van der Waals surface area contributed by atoms with E-state index in [0.717, 1.165) is 29.9 Å². The highest BCUT2D eigenvalue weighted by molar-refractivity contribution is 5.87. The molecule has 2 aromatic rings. The van der Waals surface area contributed by atoms with Crippen LogP contribution in [0.2, 0.25) is 0 Å². The van der Waals surface area contributed by atoms with Crippen LogP contribution in [0.3, 0.4) is 0 Å². The molecule has 2 amide bonds. The van der Waals surface area contributed by atoms with Gasteiger partial charge < -0.3 is 29.5 Å². The largest absolute Gasteiger partial charge is 0.444 e. The van der Waals surface area contributed by atoms with Crippen molar-refractivity contribution in [2.24, 2.45) is 22.7 Å². The first-order valence-corrected chi connectivity index (χ1v) is 14.3. The third-order valence-electron chi connectivity index (χ3n) is 7.72. The minimum atomic E-state index is -0.614. The molecule has 1 aliphatic carbocycles. The molecule has 5 rings (SSSR count). The van der Waals surface area contributed by atoms with Crippen molar-refractivity contribution >= 4 is 17.8 Å². The van der Waals surface area contributed by atoms with Crippen LogP contribution >= 0.6 is 0 Å². The predicted molar refractivity (Wildman–Crippen MR) is 154 cm³/mol. The standard InChI is InChI=1S/C31H39N5O5/c1-19-15-33-29(20(2)37)36(19)16-23-14-27(41-34-23)22-9-6-21(7-10-22)8-11-24-25-17-35(18-26(24)25)28(38)12-13-32-30(39)40-31(3,4)5/h6-7,9-10,14,19-20,24-26,37H,12-13,15-18H2,1-5H3,(H,32,39)/t19?,20-,24?,25-,26+/m0/s1. The zero-order valence-electron chi connectivity index (χ0n) is 24.4. The second-order valence-electron chi connectivity index (χ2n) is 12.2. The van der Waals surface area contributed by atoms with Crippen LogP contribution in [-0.4, -0.2) is 81.8 Å². The Morgan fingerprint density at radius 1 is 1.22 bits per heavy atom. The highest BCUT2D eigenvalue weighted by Gasteiger charge is 2.55. The number of nitrogens with one attached hydrogen (secondary N) is 1. The van der Waals surface area contributed by atoms with Crippen LogP contribution in [0.1, 0.15) is 52.3 Å². The number of amides is 2. The molecular formula is C31H39N5O5. The van der Waals surface area contributed by atoms with Crippen molar-refractivity contribution in [3.05, 3.63) is 41.6 Å². The number of likely N-dealkylation sites (tertiary alicyclic amines) is 1. The molecular weight excluding hydrogens is 522 g/mol. The maximum absolute atomic E-state index is 12.5. The molecule has 3 heterocycles. The van der Waals surface area contributed by atoms with Gasteiger partial charge in [0.1, 0.15) is 23.2 Å². The van der Waals surface area contributed by atoms with Crippen LogP contribution in [0.25, 0.3) is 11.3 Å². The minimum absolute atomic E-state index is 0.0533. The maximum Gasteiger partial charge on any atom is 0.407 e. The van der Waals surface area contributed by atoms with Crippen molar-refractivity contribution in [2.45, 2.75) is 65.3 Å². The zero-order valence-corrected chi connectivity index (χ0v) is 24.4. The SMILES string of the molecule is CC1CN=C([C@H](C)O)N1Cc1cc(-c2ccc(C#CC3[C@H]4CN(C(=O)CCNC(=O)OC(C)(C)C)C[C@@H]34)cc2)on1. The average molecular weight is 562 g/mol. The van der Waals surface area contributed by atoms with Crippen molar-refractivity contribution < 1.29 is 24.0 Å². The Labute approximate surface area is 241 Å². The molecule has 1 aromatic carbocycles. The van der Waals surface area contributed by atoms with E-state index in [2.05, 4.69) is 39.1 Å². The number of fused-ring (bicyclic) bond motifs is 1. The monoisotopic (exact) mass is 561 g/mol. The first-order chi connectivity index (χ1) is 19.5. The second kappa shape index (κ2) is 11.6. The fourth-order valence-corrected chi connectivity index (χ4v) is 5.52. The summed E-state index contributed by atoms with van der Waals surface area (Å²) in [7, 11) is 0. The van der Waals surface area contributed by atoms with Gasteiger partial charge in [0.2, 0.25) is 5.91 Å². The van der Waals surface area contributed by atoms with Crippen molar-refractivity contribution in [1.29, 1.82) is 0 Å². The maximum atomic E-state index is 12.5. The third-order valence-corrected chi connectivity index (χ3v) is 7.72. The Hall–Kier alpha value is -3.84. The Kier molecular flexibility index (Phi) is 8.09. The molecule has 218 valence electrons. The molecule has 2 aliphatic heterocycles. The quantitative estimate of drug-likeness (QED) is 0.498. The topological polar surface area (TPSA) is 121 Å². The van der Waals surface area contributed by atoms with Crippen LogP contribution in [0.4, 0.5) is 4.79 Å². The summed E-state index contributed by atoms with van der Waals surface area (Å²) in [5.41, 5.74) is 2.09. The van der Waals surface area contributed by atoms with Gasteiger partial charge in [-0.2, -0.15) is 0 Å². The normalized spacial score (nSPS) is 23.8. The number of rotatable bonds is 7. The number of alkyl carbamates (subject to hydrolysis) is 1. The number of hydrogen-bond donors (Lipinski definition) is 2. The first kappa shape index (κ1) is 28.7. The molecule has 3 aliphatic rings. The number of carbonyl (C=O) groups is 2. The summed E-state index contributed by atoms with van der Waals surface area (Å²) in [4.78, 5) is 32.7. The molecule has 0 radical (unpaired) electrons. The fourth-order valence-electron chi connectivity index (χ4n) is 5.52. The van der Waals surface area contributed by atoms with Crippen molar-refractivity contribution in [3.8, 4) is 23.2 Å². The van der Waals surface area contributed by atoms with Crippen LogP contribution in [0, 0.1) is 29.6 Å². The van der Waals surface area contributed by atoms with E-state index in [1.54, 1.807) is 27.7 Å². The van der Waals surface area contributed by atoms with Gasteiger partial charge in [-0.1, -0.05) is 17.0 Å². The minimum Gasteiger partial charge on any atom is -0.444 e. The summed E-state index contributed by atoms with van der Waals surface area (Å²) >= 11 is 0. The van der Waals surface area contributed by atoms with Crippen LogP contribution < -0.4 is 5.32 Å². The van der Waals surface area contributed by atoms with E-state index >= 15 is 0 Å². The lowest BCUT2D eigenvalue weighted by Crippen LogP contribution is -2.39. The van der Waals surface area contributed by atoms with Gasteiger partial charge in [0, 0.05) is 55.2 Å². The van der Waals surface area contributed by atoms with Gasteiger partial charge in [0.25, 0.3) is 0 Å². The summed E-state index contributed by atoms with van der Waals surface area (Å²) in [5.74, 6) is 9.29. The first-order valence-electron chi connectivity index (χ1n) is 14.3. The van der Waals surface area contributed by atoms with E-state index in [9.17, 15) is 14.7 Å². The molecule has 1 saturated heterocycles.